The highest BCUT2D eigenvalue weighted by molar-refractivity contribution is 5.96. The molecule has 0 aromatic heterocycles. The maximum absolute atomic E-state index is 12.5. The topological polar surface area (TPSA) is 95.5 Å². The molecule has 0 aliphatic heterocycles. The highest BCUT2D eigenvalue weighted by Crippen LogP contribution is 2.34. The highest BCUT2D eigenvalue weighted by atomic mass is 16.4. The first kappa shape index (κ1) is 20.7. The van der Waals surface area contributed by atoms with Crippen LogP contribution in [0.5, 0.6) is 0 Å². The van der Waals surface area contributed by atoms with Gasteiger partial charge in [0.1, 0.15) is 0 Å². The fourth-order valence-electron chi connectivity index (χ4n) is 3.23. The third kappa shape index (κ3) is 4.96. The van der Waals surface area contributed by atoms with Crippen LogP contribution in [0.4, 0.5) is 0 Å². The number of allylic oxidation sites excluding steroid dienone is 2. The minimum Gasteiger partial charge on any atom is -0.481 e. The van der Waals surface area contributed by atoms with Crippen molar-refractivity contribution in [1.29, 1.82) is 0 Å². The Balaban J connectivity index is 2.02. The quantitative estimate of drug-likeness (QED) is 0.561. The largest absolute Gasteiger partial charge is 0.481 e. The van der Waals surface area contributed by atoms with Gasteiger partial charge in [0.15, 0.2) is 0 Å². The lowest BCUT2D eigenvalue weighted by molar-refractivity contribution is -0.147. The second-order valence-electron chi connectivity index (χ2n) is 8.29. The van der Waals surface area contributed by atoms with E-state index in [1.54, 1.807) is 12.1 Å². The van der Waals surface area contributed by atoms with Gasteiger partial charge in [-0.1, -0.05) is 44.1 Å². The van der Waals surface area contributed by atoms with Crippen molar-refractivity contribution in [2.45, 2.75) is 52.9 Å². The van der Waals surface area contributed by atoms with Gasteiger partial charge in [0, 0.05) is 5.56 Å². The van der Waals surface area contributed by atoms with E-state index >= 15 is 0 Å². The number of amides is 2. The molecule has 0 spiro atoms. The van der Waals surface area contributed by atoms with Crippen molar-refractivity contribution in [3.05, 3.63) is 46.5 Å². The van der Waals surface area contributed by atoms with Gasteiger partial charge in [-0.25, -0.2) is 0 Å². The molecule has 0 heterocycles. The summed E-state index contributed by atoms with van der Waals surface area (Å²) in [5.41, 5.74) is 8.33. The molecule has 3 N–H and O–H groups in total. The molecule has 0 saturated carbocycles. The zero-order valence-corrected chi connectivity index (χ0v) is 16.6. The molecule has 2 rings (SSSR count). The predicted octanol–water partition coefficient (Wildman–Crippen LogP) is 3.19. The van der Waals surface area contributed by atoms with E-state index in [1.165, 1.54) is 0 Å². The Hall–Kier alpha value is -2.63. The van der Waals surface area contributed by atoms with Crippen LogP contribution in [0.2, 0.25) is 0 Å². The van der Waals surface area contributed by atoms with Crippen LogP contribution in [0, 0.1) is 11.8 Å². The van der Waals surface area contributed by atoms with Crippen LogP contribution in [0.25, 0.3) is 0 Å². The molecule has 6 heteroatoms. The first-order valence-corrected chi connectivity index (χ1v) is 9.09. The predicted molar refractivity (Wildman–Crippen MR) is 103 cm³/mol. The van der Waals surface area contributed by atoms with E-state index in [1.807, 2.05) is 26.0 Å². The summed E-state index contributed by atoms with van der Waals surface area (Å²) in [5, 5.41) is 9.42. The smallest absolute Gasteiger partial charge is 0.307 e. The number of rotatable bonds is 3. The number of carboxylic acids is 1. The lowest BCUT2D eigenvalue weighted by Gasteiger charge is -2.29. The molecule has 1 aliphatic rings. The van der Waals surface area contributed by atoms with Gasteiger partial charge in [-0.15, -0.1) is 0 Å². The average molecular weight is 372 g/mol. The molecule has 27 heavy (non-hydrogen) atoms. The summed E-state index contributed by atoms with van der Waals surface area (Å²) in [7, 11) is 0. The second kappa shape index (κ2) is 7.94. The van der Waals surface area contributed by atoms with Crippen LogP contribution in [0.15, 0.2) is 35.4 Å². The van der Waals surface area contributed by atoms with Gasteiger partial charge >= 0.3 is 5.97 Å². The summed E-state index contributed by atoms with van der Waals surface area (Å²) in [6, 6.07) is 7.18. The zero-order chi connectivity index (χ0) is 20.4. The first-order chi connectivity index (χ1) is 12.5. The Morgan fingerprint density at radius 2 is 1.44 bits per heavy atom. The average Bonchev–Trinajstić information content (AvgIpc) is 2.60. The molecule has 0 radical (unpaired) electrons. The van der Waals surface area contributed by atoms with E-state index in [0.29, 0.717) is 18.4 Å². The number of carbonyl (C=O) groups excluding carboxylic acids is 2. The third-order valence-electron chi connectivity index (χ3n) is 5.23. The van der Waals surface area contributed by atoms with E-state index in [2.05, 4.69) is 31.6 Å². The van der Waals surface area contributed by atoms with Crippen LogP contribution in [0.1, 0.15) is 63.4 Å². The van der Waals surface area contributed by atoms with Gasteiger partial charge in [-0.05, 0) is 49.8 Å². The van der Waals surface area contributed by atoms with Crippen molar-refractivity contribution in [3.63, 3.8) is 0 Å². The Morgan fingerprint density at radius 3 is 1.93 bits per heavy atom. The number of hydrogen-bond donors (Lipinski definition) is 3. The fourth-order valence-corrected chi connectivity index (χ4v) is 3.23. The summed E-state index contributed by atoms with van der Waals surface area (Å²) in [5.74, 6) is -3.39. The normalized spacial score (nSPS) is 20.2. The van der Waals surface area contributed by atoms with Crippen LogP contribution in [-0.4, -0.2) is 22.9 Å². The van der Waals surface area contributed by atoms with Crippen LogP contribution in [-0.2, 0) is 15.0 Å². The SMILES string of the molecule is CC1=C(C)C[C@@H](C(=O)NNC(=O)c2ccc(C(C)(C)C)cc2)[C@@H](C(=O)O)C1. The second-order valence-corrected chi connectivity index (χ2v) is 8.29. The van der Waals surface area contributed by atoms with Crippen molar-refractivity contribution in [1.82, 2.24) is 10.9 Å². The molecule has 0 unspecified atom stereocenters. The molecule has 0 saturated heterocycles. The number of hydrogen-bond acceptors (Lipinski definition) is 3. The molecule has 146 valence electrons. The fraction of sp³-hybridized carbons (Fsp3) is 0.476. The van der Waals surface area contributed by atoms with Gasteiger partial charge in [0.25, 0.3) is 5.91 Å². The summed E-state index contributed by atoms with van der Waals surface area (Å²) >= 11 is 0. The minimum atomic E-state index is -0.994. The summed E-state index contributed by atoms with van der Waals surface area (Å²) in [4.78, 5) is 36.3. The van der Waals surface area contributed by atoms with Gasteiger partial charge in [0.05, 0.1) is 11.8 Å². The van der Waals surface area contributed by atoms with Crippen LogP contribution in [0.3, 0.4) is 0 Å². The summed E-state index contributed by atoms with van der Waals surface area (Å²) in [6.45, 7) is 10.1. The van der Waals surface area contributed by atoms with Crippen molar-refractivity contribution < 1.29 is 19.5 Å². The third-order valence-corrected chi connectivity index (χ3v) is 5.23. The van der Waals surface area contributed by atoms with Crippen molar-refractivity contribution in [2.75, 3.05) is 0 Å². The number of carboxylic acid groups (broad SMARTS) is 1. The van der Waals surface area contributed by atoms with Crippen molar-refractivity contribution in [3.8, 4) is 0 Å². The molecule has 6 nitrogen and oxygen atoms in total. The van der Waals surface area contributed by atoms with E-state index < -0.39 is 29.6 Å². The van der Waals surface area contributed by atoms with Gasteiger partial charge in [-0.3, -0.25) is 25.2 Å². The summed E-state index contributed by atoms with van der Waals surface area (Å²) < 4.78 is 0. The Labute approximate surface area is 160 Å². The minimum absolute atomic E-state index is 0.0143. The number of carbonyl (C=O) groups is 3. The monoisotopic (exact) mass is 372 g/mol. The first-order valence-electron chi connectivity index (χ1n) is 9.09. The molecule has 0 fully saturated rings. The van der Waals surface area contributed by atoms with E-state index in [9.17, 15) is 19.5 Å². The van der Waals surface area contributed by atoms with Gasteiger partial charge in [0.2, 0.25) is 5.91 Å². The number of benzene rings is 1. The lowest BCUT2D eigenvalue weighted by Crippen LogP contribution is -2.48. The van der Waals surface area contributed by atoms with Gasteiger partial charge < -0.3 is 5.11 Å². The standard InChI is InChI=1S/C21H28N2O4/c1-12-10-16(17(20(26)27)11-13(12)2)19(25)23-22-18(24)14-6-8-15(9-7-14)21(3,4)5/h6-9,16-17H,10-11H2,1-5H3,(H,22,24)(H,23,25)(H,26,27)/t16-,17+/m1/s1. The van der Waals surface area contributed by atoms with Crippen LogP contribution < -0.4 is 10.9 Å². The highest BCUT2D eigenvalue weighted by Gasteiger charge is 2.37. The molecular weight excluding hydrogens is 344 g/mol. The van der Waals surface area contributed by atoms with Crippen molar-refractivity contribution in [2.24, 2.45) is 11.8 Å². The molecular formula is C21H28N2O4. The Kier molecular flexibility index (Phi) is 6.08. The maximum atomic E-state index is 12.5. The van der Waals surface area contributed by atoms with Crippen LogP contribution >= 0.6 is 0 Å². The number of hydrazine groups is 1. The molecule has 2 amide bonds. The van der Waals surface area contributed by atoms with E-state index in [4.69, 9.17) is 0 Å². The van der Waals surface area contributed by atoms with E-state index in [0.717, 1.165) is 16.7 Å². The molecule has 1 aliphatic carbocycles. The Morgan fingerprint density at radius 1 is 0.926 bits per heavy atom. The maximum Gasteiger partial charge on any atom is 0.307 e. The lowest BCUT2D eigenvalue weighted by atomic mass is 9.76. The van der Waals surface area contributed by atoms with Crippen molar-refractivity contribution >= 4 is 17.8 Å². The molecule has 0 bridgehead atoms. The molecule has 2 atom stereocenters. The zero-order valence-electron chi connectivity index (χ0n) is 16.6. The Bertz CT molecular complexity index is 772. The molecule has 1 aromatic carbocycles. The number of nitrogens with one attached hydrogen (secondary N) is 2. The summed E-state index contributed by atoms with van der Waals surface area (Å²) in [6.07, 6.45) is 0.728. The molecule has 1 aromatic rings. The van der Waals surface area contributed by atoms with E-state index in [-0.39, 0.29) is 5.41 Å². The number of aliphatic carboxylic acids is 1. The van der Waals surface area contributed by atoms with Gasteiger partial charge in [-0.2, -0.15) is 0 Å².